The molecule has 0 bridgehead atoms. The van der Waals surface area contributed by atoms with Crippen LogP contribution in [0.1, 0.15) is 44.7 Å². The summed E-state index contributed by atoms with van der Waals surface area (Å²) in [6, 6.07) is 0. The van der Waals surface area contributed by atoms with Crippen molar-refractivity contribution < 1.29 is 0 Å². The third-order valence-electron chi connectivity index (χ3n) is 3.48. The Morgan fingerprint density at radius 1 is 1.44 bits per heavy atom. The van der Waals surface area contributed by atoms with E-state index in [1.807, 2.05) is 0 Å². The number of rotatable bonds is 5. The molecule has 3 nitrogen and oxygen atoms in total. The summed E-state index contributed by atoms with van der Waals surface area (Å²) < 4.78 is 2.27. The number of aromatic nitrogens is 2. The first kappa shape index (κ1) is 11.5. The maximum Gasteiger partial charge on any atom is 0.203 e. The number of imidazole rings is 1. The van der Waals surface area contributed by atoms with Crippen molar-refractivity contribution in [1.29, 1.82) is 0 Å². The monoisotopic (exact) mass is 221 g/mol. The molecule has 0 spiro atoms. The molecule has 0 aromatic carbocycles. The highest BCUT2D eigenvalue weighted by Gasteiger charge is 2.15. The van der Waals surface area contributed by atoms with Crippen LogP contribution in [-0.2, 0) is 6.54 Å². The summed E-state index contributed by atoms with van der Waals surface area (Å²) in [5, 5.41) is 3.32. The summed E-state index contributed by atoms with van der Waals surface area (Å²) in [7, 11) is 0. The lowest BCUT2D eigenvalue weighted by molar-refractivity contribution is 0.459. The lowest BCUT2D eigenvalue weighted by Gasteiger charge is -2.11. The Hall–Kier alpha value is -0.990. The van der Waals surface area contributed by atoms with Crippen LogP contribution in [0, 0.1) is 12.8 Å². The molecule has 1 aromatic heterocycles. The summed E-state index contributed by atoms with van der Waals surface area (Å²) in [4.78, 5) is 4.50. The average Bonchev–Trinajstić information content (AvgIpc) is 2.86. The van der Waals surface area contributed by atoms with Gasteiger partial charge in [0.1, 0.15) is 0 Å². The Morgan fingerprint density at radius 3 is 2.88 bits per heavy atom. The van der Waals surface area contributed by atoms with Crippen molar-refractivity contribution in [3.05, 3.63) is 11.9 Å². The number of hydrogen-bond acceptors (Lipinski definition) is 2. The number of nitrogens with zero attached hydrogens (tertiary/aromatic N) is 2. The molecular formula is C13H23N3. The predicted octanol–water partition coefficient (Wildman–Crippen LogP) is 3.20. The van der Waals surface area contributed by atoms with Gasteiger partial charge in [0, 0.05) is 19.3 Å². The molecule has 1 aliphatic carbocycles. The second kappa shape index (κ2) is 5.37. The van der Waals surface area contributed by atoms with Crippen LogP contribution in [0.15, 0.2) is 6.20 Å². The minimum absolute atomic E-state index is 0.944. The van der Waals surface area contributed by atoms with Crippen LogP contribution in [0.25, 0.3) is 0 Å². The van der Waals surface area contributed by atoms with Gasteiger partial charge in [-0.15, -0.1) is 0 Å². The molecule has 0 unspecified atom stereocenters. The molecule has 0 atom stereocenters. The molecule has 0 aliphatic heterocycles. The second-order valence-corrected chi connectivity index (χ2v) is 4.87. The maximum absolute atomic E-state index is 4.50. The van der Waals surface area contributed by atoms with Gasteiger partial charge in [-0.2, -0.15) is 0 Å². The molecule has 1 aromatic rings. The minimum Gasteiger partial charge on any atom is -0.356 e. The van der Waals surface area contributed by atoms with E-state index in [2.05, 4.69) is 34.9 Å². The molecular weight excluding hydrogens is 198 g/mol. The molecule has 0 saturated heterocycles. The molecule has 1 heterocycles. The topological polar surface area (TPSA) is 29.9 Å². The first-order chi connectivity index (χ1) is 7.79. The van der Waals surface area contributed by atoms with E-state index in [-0.39, 0.29) is 0 Å². The molecule has 2 rings (SSSR count). The fourth-order valence-corrected chi connectivity index (χ4v) is 2.64. The summed E-state index contributed by atoms with van der Waals surface area (Å²) >= 11 is 0. The van der Waals surface area contributed by atoms with Gasteiger partial charge in [0.2, 0.25) is 5.95 Å². The standard InChI is InChI=1S/C13H23N3/c1-3-14-13-15-11(2)10-16(13)9-8-12-6-4-5-7-12/h10,12H,3-9H2,1-2H3,(H,14,15). The van der Waals surface area contributed by atoms with E-state index in [1.54, 1.807) is 0 Å². The highest BCUT2D eigenvalue weighted by atomic mass is 15.2. The van der Waals surface area contributed by atoms with Crippen molar-refractivity contribution in [3.63, 3.8) is 0 Å². The summed E-state index contributed by atoms with van der Waals surface area (Å²) in [5.41, 5.74) is 1.11. The van der Waals surface area contributed by atoms with Crippen LogP contribution >= 0.6 is 0 Å². The van der Waals surface area contributed by atoms with E-state index in [0.717, 1.165) is 30.6 Å². The first-order valence-corrected chi connectivity index (χ1v) is 6.57. The lowest BCUT2D eigenvalue weighted by atomic mass is 10.0. The van der Waals surface area contributed by atoms with Gasteiger partial charge in [-0.3, -0.25) is 0 Å². The zero-order valence-electron chi connectivity index (χ0n) is 10.5. The Morgan fingerprint density at radius 2 is 2.19 bits per heavy atom. The summed E-state index contributed by atoms with van der Waals surface area (Å²) in [6.45, 7) is 6.24. The van der Waals surface area contributed by atoms with Crippen molar-refractivity contribution in [2.45, 2.75) is 52.5 Å². The van der Waals surface area contributed by atoms with Gasteiger partial charge in [0.15, 0.2) is 0 Å². The van der Waals surface area contributed by atoms with E-state index in [9.17, 15) is 0 Å². The first-order valence-electron chi connectivity index (χ1n) is 6.57. The minimum atomic E-state index is 0.944. The van der Waals surface area contributed by atoms with E-state index < -0.39 is 0 Å². The number of hydrogen-bond donors (Lipinski definition) is 1. The highest BCUT2D eigenvalue weighted by molar-refractivity contribution is 5.28. The van der Waals surface area contributed by atoms with Crippen LogP contribution in [0.3, 0.4) is 0 Å². The molecule has 1 N–H and O–H groups in total. The Balaban J connectivity index is 1.91. The van der Waals surface area contributed by atoms with Crippen LogP contribution in [-0.4, -0.2) is 16.1 Å². The molecule has 0 amide bonds. The SMILES string of the molecule is CCNc1nc(C)cn1CCC1CCCC1. The number of nitrogens with one attached hydrogen (secondary N) is 1. The zero-order valence-corrected chi connectivity index (χ0v) is 10.5. The molecule has 1 aliphatic rings. The van der Waals surface area contributed by atoms with Gasteiger partial charge in [-0.05, 0) is 26.2 Å². The van der Waals surface area contributed by atoms with Gasteiger partial charge in [0.25, 0.3) is 0 Å². The smallest absolute Gasteiger partial charge is 0.203 e. The van der Waals surface area contributed by atoms with Crippen molar-refractivity contribution in [1.82, 2.24) is 9.55 Å². The fraction of sp³-hybridized carbons (Fsp3) is 0.769. The van der Waals surface area contributed by atoms with Crippen molar-refractivity contribution in [2.24, 2.45) is 5.92 Å². The predicted molar refractivity (Wildman–Crippen MR) is 67.7 cm³/mol. The van der Waals surface area contributed by atoms with Gasteiger partial charge in [-0.25, -0.2) is 4.98 Å². The van der Waals surface area contributed by atoms with Crippen LogP contribution in [0.2, 0.25) is 0 Å². The van der Waals surface area contributed by atoms with Gasteiger partial charge in [-0.1, -0.05) is 25.7 Å². The lowest BCUT2D eigenvalue weighted by Crippen LogP contribution is -2.08. The average molecular weight is 221 g/mol. The fourth-order valence-electron chi connectivity index (χ4n) is 2.64. The molecule has 1 fully saturated rings. The normalized spacial score (nSPS) is 16.9. The molecule has 16 heavy (non-hydrogen) atoms. The van der Waals surface area contributed by atoms with E-state index in [0.29, 0.717) is 0 Å². The van der Waals surface area contributed by atoms with Crippen LogP contribution in [0.4, 0.5) is 5.95 Å². The summed E-state index contributed by atoms with van der Waals surface area (Å²) in [6.07, 6.45) is 9.22. The van der Waals surface area contributed by atoms with Crippen molar-refractivity contribution >= 4 is 5.95 Å². The quantitative estimate of drug-likeness (QED) is 0.827. The van der Waals surface area contributed by atoms with Crippen molar-refractivity contribution in [2.75, 3.05) is 11.9 Å². The Labute approximate surface area is 98.3 Å². The Kier molecular flexibility index (Phi) is 3.86. The van der Waals surface area contributed by atoms with Gasteiger partial charge >= 0.3 is 0 Å². The van der Waals surface area contributed by atoms with Crippen LogP contribution in [0.5, 0.6) is 0 Å². The molecule has 90 valence electrons. The number of aryl methyl sites for hydroxylation is 2. The third kappa shape index (κ3) is 2.77. The van der Waals surface area contributed by atoms with E-state index in [1.165, 1.54) is 32.1 Å². The van der Waals surface area contributed by atoms with E-state index >= 15 is 0 Å². The maximum atomic E-state index is 4.50. The summed E-state index contributed by atoms with van der Waals surface area (Å²) in [5.74, 6) is 2.00. The van der Waals surface area contributed by atoms with Crippen molar-refractivity contribution in [3.8, 4) is 0 Å². The third-order valence-corrected chi connectivity index (χ3v) is 3.48. The highest BCUT2D eigenvalue weighted by Crippen LogP contribution is 2.28. The van der Waals surface area contributed by atoms with E-state index in [4.69, 9.17) is 0 Å². The zero-order chi connectivity index (χ0) is 11.4. The van der Waals surface area contributed by atoms with Crippen LogP contribution < -0.4 is 5.32 Å². The molecule has 0 radical (unpaired) electrons. The largest absolute Gasteiger partial charge is 0.356 e. The molecule has 3 heteroatoms. The molecule has 1 saturated carbocycles. The van der Waals surface area contributed by atoms with Gasteiger partial charge < -0.3 is 9.88 Å². The Bertz CT molecular complexity index is 324. The second-order valence-electron chi connectivity index (χ2n) is 4.87. The van der Waals surface area contributed by atoms with Gasteiger partial charge in [0.05, 0.1) is 5.69 Å². The number of anilines is 1.